The standard InChI is InChI=1S/C17H27ClN2OSi/c1-10(2)15-13-11(16(19-15)17(3,4)5)8-9-12(14(13)18)20-21-22(6)7/h8-10,15,19,22H,1-7H3. The highest BCUT2D eigenvalue weighted by molar-refractivity contribution is 6.49. The van der Waals surface area contributed by atoms with E-state index in [0.717, 1.165) is 16.3 Å². The Morgan fingerprint density at radius 1 is 1.27 bits per heavy atom. The van der Waals surface area contributed by atoms with Gasteiger partial charge in [-0.3, -0.25) is 0 Å². The number of hydrogen-bond acceptors (Lipinski definition) is 3. The van der Waals surface area contributed by atoms with E-state index in [2.05, 4.69) is 64.3 Å². The highest BCUT2D eigenvalue weighted by Gasteiger charge is 2.38. The number of allylic oxidation sites excluding steroid dienone is 4. The maximum Gasteiger partial charge on any atom is 0.266 e. The summed E-state index contributed by atoms with van der Waals surface area (Å²) in [5.41, 5.74) is 4.44. The summed E-state index contributed by atoms with van der Waals surface area (Å²) >= 11 is 6.68. The fourth-order valence-electron chi connectivity index (χ4n) is 2.76. The Hall–Kier alpha value is -1.00. The van der Waals surface area contributed by atoms with Crippen LogP contribution < -0.4 is 5.32 Å². The molecule has 1 aliphatic heterocycles. The van der Waals surface area contributed by atoms with Crippen LogP contribution >= 0.6 is 11.6 Å². The Labute approximate surface area is 140 Å². The van der Waals surface area contributed by atoms with E-state index in [4.69, 9.17) is 16.1 Å². The average molecular weight is 339 g/mol. The minimum Gasteiger partial charge on any atom is -0.459 e. The van der Waals surface area contributed by atoms with Crippen LogP contribution in [-0.4, -0.2) is 20.8 Å². The zero-order chi connectivity index (χ0) is 16.7. The first kappa shape index (κ1) is 17.4. The molecule has 0 bridgehead atoms. The van der Waals surface area contributed by atoms with Crippen LogP contribution in [0.1, 0.15) is 34.6 Å². The second kappa shape index (κ2) is 6.24. The second-order valence-corrected chi connectivity index (χ2v) is 10.3. The van der Waals surface area contributed by atoms with E-state index in [0.29, 0.717) is 5.92 Å². The van der Waals surface area contributed by atoms with Gasteiger partial charge in [-0.2, -0.15) is 0 Å². The van der Waals surface area contributed by atoms with Crippen LogP contribution in [0.15, 0.2) is 39.2 Å². The van der Waals surface area contributed by atoms with E-state index >= 15 is 0 Å². The minimum absolute atomic E-state index is 0.0573. The minimum atomic E-state index is -1.20. The first-order valence-corrected chi connectivity index (χ1v) is 11.1. The third-order valence-electron chi connectivity index (χ3n) is 3.82. The summed E-state index contributed by atoms with van der Waals surface area (Å²) in [6, 6.07) is 0.225. The molecule has 0 aromatic rings. The third kappa shape index (κ3) is 3.33. The van der Waals surface area contributed by atoms with E-state index in [1.807, 2.05) is 6.08 Å². The molecule has 0 amide bonds. The van der Waals surface area contributed by atoms with Gasteiger partial charge in [0.15, 0.2) is 0 Å². The fraction of sp³-hybridized carbons (Fsp3) is 0.588. The van der Waals surface area contributed by atoms with Crippen molar-refractivity contribution in [3.8, 4) is 0 Å². The predicted molar refractivity (Wildman–Crippen MR) is 97.7 cm³/mol. The Kier molecular flexibility index (Phi) is 4.92. The lowest BCUT2D eigenvalue weighted by molar-refractivity contribution is 0.352. The molecule has 0 spiro atoms. The first-order chi connectivity index (χ1) is 10.1. The van der Waals surface area contributed by atoms with Crippen LogP contribution in [0.25, 0.3) is 0 Å². The van der Waals surface area contributed by atoms with Crippen LogP contribution in [0.4, 0.5) is 0 Å². The molecule has 2 rings (SSSR count). The summed E-state index contributed by atoms with van der Waals surface area (Å²) in [6.07, 6.45) is 4.09. The molecule has 2 aliphatic rings. The zero-order valence-corrected chi connectivity index (χ0v) is 16.5. The molecular weight excluding hydrogens is 312 g/mol. The molecule has 22 heavy (non-hydrogen) atoms. The Balaban J connectivity index is 2.51. The SMILES string of the molecule is CC(C)C1NC(C(C)(C)C)=C2C=CC(=NO[SiH](C)C)C(Cl)=C21. The van der Waals surface area contributed by atoms with Crippen molar-refractivity contribution in [2.24, 2.45) is 16.5 Å². The number of rotatable bonds is 3. The molecule has 1 N–H and O–H groups in total. The molecule has 0 fully saturated rings. The van der Waals surface area contributed by atoms with Gasteiger partial charge in [-0.25, -0.2) is 0 Å². The van der Waals surface area contributed by atoms with Gasteiger partial charge in [0.2, 0.25) is 0 Å². The lowest BCUT2D eigenvalue weighted by Gasteiger charge is -2.25. The number of halogens is 1. The van der Waals surface area contributed by atoms with Gasteiger partial charge in [0.25, 0.3) is 9.04 Å². The van der Waals surface area contributed by atoms with E-state index in [9.17, 15) is 0 Å². The van der Waals surface area contributed by atoms with Crippen LogP contribution in [0.5, 0.6) is 0 Å². The van der Waals surface area contributed by atoms with Gasteiger partial charge >= 0.3 is 0 Å². The molecular formula is C17H27ClN2OSi. The van der Waals surface area contributed by atoms with Crippen molar-refractivity contribution in [2.75, 3.05) is 0 Å². The molecule has 1 heterocycles. The molecule has 122 valence electrons. The molecule has 0 radical (unpaired) electrons. The van der Waals surface area contributed by atoms with Gasteiger partial charge < -0.3 is 9.84 Å². The predicted octanol–water partition coefficient (Wildman–Crippen LogP) is 4.33. The molecule has 1 atom stereocenters. The topological polar surface area (TPSA) is 33.6 Å². The molecule has 1 unspecified atom stereocenters. The maximum absolute atomic E-state index is 6.68. The summed E-state index contributed by atoms with van der Waals surface area (Å²) in [5, 5.41) is 8.66. The quantitative estimate of drug-likeness (QED) is 0.613. The van der Waals surface area contributed by atoms with Crippen molar-refractivity contribution >= 4 is 26.4 Å². The van der Waals surface area contributed by atoms with Crippen LogP contribution in [0.2, 0.25) is 13.1 Å². The highest BCUT2D eigenvalue weighted by atomic mass is 35.5. The molecule has 0 aromatic carbocycles. The van der Waals surface area contributed by atoms with Crippen LogP contribution in [0, 0.1) is 11.3 Å². The van der Waals surface area contributed by atoms with Crippen molar-refractivity contribution in [3.05, 3.63) is 34.0 Å². The zero-order valence-electron chi connectivity index (χ0n) is 14.6. The number of fused-ring (bicyclic) bond motifs is 1. The average Bonchev–Trinajstić information content (AvgIpc) is 2.78. The molecule has 0 saturated carbocycles. The smallest absolute Gasteiger partial charge is 0.266 e. The summed E-state index contributed by atoms with van der Waals surface area (Å²) in [4.78, 5) is 0. The molecule has 0 aromatic heterocycles. The largest absolute Gasteiger partial charge is 0.459 e. The molecule has 0 saturated heterocycles. The van der Waals surface area contributed by atoms with Crippen molar-refractivity contribution in [3.63, 3.8) is 0 Å². The van der Waals surface area contributed by atoms with E-state index in [-0.39, 0.29) is 11.5 Å². The van der Waals surface area contributed by atoms with Gasteiger partial charge in [-0.1, -0.05) is 52.3 Å². The molecule has 5 heteroatoms. The van der Waals surface area contributed by atoms with Gasteiger partial charge in [0, 0.05) is 22.3 Å². The normalized spacial score (nSPS) is 23.7. The van der Waals surface area contributed by atoms with Crippen molar-refractivity contribution in [1.82, 2.24) is 5.32 Å². The lowest BCUT2D eigenvalue weighted by Crippen LogP contribution is -2.33. The van der Waals surface area contributed by atoms with E-state index in [1.165, 1.54) is 11.3 Å². The molecule has 1 aliphatic carbocycles. The van der Waals surface area contributed by atoms with Gasteiger partial charge in [0.05, 0.1) is 11.1 Å². The third-order valence-corrected chi connectivity index (χ3v) is 4.74. The van der Waals surface area contributed by atoms with Crippen molar-refractivity contribution < 1.29 is 4.53 Å². The number of nitrogens with zero attached hydrogens (tertiary/aromatic N) is 1. The van der Waals surface area contributed by atoms with Crippen LogP contribution in [0.3, 0.4) is 0 Å². The van der Waals surface area contributed by atoms with Crippen molar-refractivity contribution in [1.29, 1.82) is 0 Å². The number of oxime groups is 1. The Morgan fingerprint density at radius 2 is 1.91 bits per heavy atom. The summed E-state index contributed by atoms with van der Waals surface area (Å²) in [5.74, 6) is 0.451. The highest BCUT2D eigenvalue weighted by Crippen LogP contribution is 2.42. The van der Waals surface area contributed by atoms with Crippen LogP contribution in [-0.2, 0) is 4.53 Å². The van der Waals surface area contributed by atoms with Gasteiger partial charge in [-0.15, -0.1) is 5.16 Å². The second-order valence-electron chi connectivity index (χ2n) is 7.60. The molecule has 3 nitrogen and oxygen atoms in total. The maximum atomic E-state index is 6.68. The van der Waals surface area contributed by atoms with E-state index < -0.39 is 9.04 Å². The van der Waals surface area contributed by atoms with Gasteiger partial charge in [-0.05, 0) is 25.1 Å². The summed E-state index contributed by atoms with van der Waals surface area (Å²) < 4.78 is 5.51. The number of nitrogens with one attached hydrogen (secondary N) is 1. The first-order valence-electron chi connectivity index (χ1n) is 7.96. The summed E-state index contributed by atoms with van der Waals surface area (Å²) in [6.45, 7) is 15.3. The fourth-order valence-corrected chi connectivity index (χ4v) is 3.40. The van der Waals surface area contributed by atoms with E-state index in [1.54, 1.807) is 0 Å². The van der Waals surface area contributed by atoms with Crippen molar-refractivity contribution in [2.45, 2.75) is 53.8 Å². The monoisotopic (exact) mass is 338 g/mol. The Morgan fingerprint density at radius 3 is 2.41 bits per heavy atom. The Bertz CT molecular complexity index is 580. The number of hydrogen-bond donors (Lipinski definition) is 1. The summed E-state index contributed by atoms with van der Waals surface area (Å²) in [7, 11) is -1.20. The van der Waals surface area contributed by atoms with Gasteiger partial charge in [0.1, 0.15) is 5.71 Å². The lowest BCUT2D eigenvalue weighted by atomic mass is 9.85.